The van der Waals surface area contributed by atoms with E-state index >= 15 is 0 Å². The van der Waals surface area contributed by atoms with Gasteiger partial charge in [-0.1, -0.05) is 23.7 Å². The molecule has 0 rings (SSSR count). The molecule has 8 nitrogen and oxygen atoms in total. The molecule has 8 heteroatoms. The van der Waals surface area contributed by atoms with Crippen molar-refractivity contribution in [3.05, 3.63) is 0 Å². The Morgan fingerprint density at radius 1 is 0.714 bits per heavy atom. The SMILES string of the molecule is CCOC(=O)NC.CCOC(=O)NC.OCC#CC#CCCC#CC#CCO. The topological polar surface area (TPSA) is 117 Å². The van der Waals surface area contributed by atoms with Crippen molar-refractivity contribution in [3.8, 4) is 47.4 Å². The van der Waals surface area contributed by atoms with Crippen LogP contribution in [0, 0.1) is 47.4 Å². The molecule has 0 atom stereocenters. The van der Waals surface area contributed by atoms with Gasteiger partial charge in [-0.05, 0) is 37.5 Å². The Morgan fingerprint density at radius 3 is 1.25 bits per heavy atom. The predicted octanol–water partition coefficient (Wildman–Crippen LogP) is 0.489. The number of unbranched alkanes of at least 4 members (excludes halogenated alkanes) is 1. The third-order valence-corrected chi connectivity index (χ3v) is 1.97. The molecule has 0 bridgehead atoms. The molecule has 0 fully saturated rings. The highest BCUT2D eigenvalue weighted by molar-refractivity contribution is 5.66. The predicted molar refractivity (Wildman–Crippen MR) is 107 cm³/mol. The Kier molecular flexibility index (Phi) is 30.0. The lowest BCUT2D eigenvalue weighted by Crippen LogP contribution is -2.18. The van der Waals surface area contributed by atoms with Crippen LogP contribution in [0.2, 0.25) is 0 Å². The standard InChI is InChI=1S/C12H10O2.2C4H9NO2/c13-11-9-7-5-3-1-2-4-6-8-10-12-14;2*1-3-7-4(6)5-2/h13-14H,1-2,11-12H2;2*3H2,1-2H3,(H,5,6). The molecule has 0 aliphatic carbocycles. The van der Waals surface area contributed by atoms with Crippen LogP contribution in [0.3, 0.4) is 0 Å². The summed E-state index contributed by atoms with van der Waals surface area (Å²) in [4.78, 5) is 20.2. The fraction of sp³-hybridized carbons (Fsp3) is 0.500. The van der Waals surface area contributed by atoms with Crippen molar-refractivity contribution in [2.24, 2.45) is 0 Å². The Morgan fingerprint density at radius 2 is 1.04 bits per heavy atom. The van der Waals surface area contributed by atoms with E-state index in [1.54, 1.807) is 13.8 Å². The first-order valence-corrected chi connectivity index (χ1v) is 8.35. The first kappa shape index (κ1) is 29.5. The molecule has 0 saturated carbocycles. The molecule has 4 N–H and O–H groups in total. The Bertz CT molecular complexity index is 587. The zero-order chi connectivity index (χ0) is 21.9. The zero-order valence-corrected chi connectivity index (χ0v) is 16.8. The summed E-state index contributed by atoms with van der Waals surface area (Å²) in [7, 11) is 3.05. The van der Waals surface area contributed by atoms with Crippen LogP contribution < -0.4 is 10.6 Å². The molecule has 28 heavy (non-hydrogen) atoms. The minimum atomic E-state index is -0.373. The van der Waals surface area contributed by atoms with E-state index in [1.807, 2.05) is 0 Å². The van der Waals surface area contributed by atoms with E-state index in [9.17, 15) is 9.59 Å². The lowest BCUT2D eigenvalue weighted by Gasteiger charge is -1.95. The molecule has 0 aromatic rings. The molecular weight excluding hydrogens is 364 g/mol. The Balaban J connectivity index is -0.000000375. The molecule has 0 spiro atoms. The van der Waals surface area contributed by atoms with Crippen LogP contribution in [-0.2, 0) is 9.47 Å². The van der Waals surface area contributed by atoms with E-state index in [-0.39, 0.29) is 25.4 Å². The van der Waals surface area contributed by atoms with Crippen LogP contribution in [0.4, 0.5) is 9.59 Å². The van der Waals surface area contributed by atoms with Crippen LogP contribution in [-0.4, -0.2) is 62.9 Å². The molecule has 0 saturated heterocycles. The maximum absolute atomic E-state index is 10.1. The Labute approximate surface area is 167 Å². The first-order valence-electron chi connectivity index (χ1n) is 8.35. The van der Waals surface area contributed by atoms with Crippen molar-refractivity contribution in [1.29, 1.82) is 0 Å². The highest BCUT2D eigenvalue weighted by Gasteiger charge is 1.89. The summed E-state index contributed by atoms with van der Waals surface area (Å²) in [5.74, 6) is 20.5. The van der Waals surface area contributed by atoms with Crippen LogP contribution in [0.5, 0.6) is 0 Å². The average molecular weight is 392 g/mol. The fourth-order valence-electron chi connectivity index (χ4n) is 0.912. The number of aliphatic hydroxyl groups is 2. The van der Waals surface area contributed by atoms with Gasteiger partial charge in [0, 0.05) is 26.9 Å². The minimum absolute atomic E-state index is 0.161. The van der Waals surface area contributed by atoms with Gasteiger partial charge in [-0.2, -0.15) is 0 Å². The molecule has 0 aliphatic rings. The van der Waals surface area contributed by atoms with Gasteiger partial charge in [-0.3, -0.25) is 0 Å². The highest BCUT2D eigenvalue weighted by Crippen LogP contribution is 1.81. The zero-order valence-electron chi connectivity index (χ0n) is 16.8. The second kappa shape index (κ2) is 28.5. The van der Waals surface area contributed by atoms with Crippen LogP contribution in [0.25, 0.3) is 0 Å². The lowest BCUT2D eigenvalue weighted by atomic mass is 10.3. The van der Waals surface area contributed by atoms with Crippen molar-refractivity contribution in [2.45, 2.75) is 26.7 Å². The summed E-state index contributed by atoms with van der Waals surface area (Å²) in [5, 5.41) is 21.2. The second-order valence-corrected chi connectivity index (χ2v) is 3.96. The van der Waals surface area contributed by atoms with Gasteiger partial charge in [0.1, 0.15) is 13.2 Å². The number of hydrogen-bond acceptors (Lipinski definition) is 6. The number of carbonyl (C=O) groups excluding carboxylic acids is 2. The van der Waals surface area contributed by atoms with Gasteiger partial charge >= 0.3 is 12.2 Å². The van der Waals surface area contributed by atoms with Gasteiger partial charge in [0.2, 0.25) is 0 Å². The maximum Gasteiger partial charge on any atom is 0.406 e. The number of hydrogen-bond donors (Lipinski definition) is 4. The number of amides is 2. The first-order chi connectivity index (χ1) is 13.5. The largest absolute Gasteiger partial charge is 0.450 e. The fourth-order valence-corrected chi connectivity index (χ4v) is 0.912. The summed E-state index contributed by atoms with van der Waals surface area (Å²) in [6, 6.07) is 0. The minimum Gasteiger partial charge on any atom is -0.450 e. The number of carbonyl (C=O) groups is 2. The number of alkyl carbamates (subject to hydrolysis) is 2. The van der Waals surface area contributed by atoms with Crippen LogP contribution >= 0.6 is 0 Å². The Hall–Kier alpha value is -3.30. The molecule has 0 unspecified atom stereocenters. The molecular formula is C20H28N2O6. The molecule has 0 heterocycles. The van der Waals surface area contributed by atoms with Gasteiger partial charge in [0.05, 0.1) is 13.2 Å². The maximum atomic E-state index is 10.1. The number of aliphatic hydroxyl groups excluding tert-OH is 2. The van der Waals surface area contributed by atoms with E-state index in [1.165, 1.54) is 14.1 Å². The van der Waals surface area contributed by atoms with E-state index in [4.69, 9.17) is 10.2 Å². The van der Waals surface area contributed by atoms with Crippen LogP contribution in [0.15, 0.2) is 0 Å². The summed E-state index contributed by atoms with van der Waals surface area (Å²) < 4.78 is 8.88. The average Bonchev–Trinajstić information content (AvgIpc) is 2.70. The normalized spacial score (nSPS) is 6.93. The number of nitrogens with one attached hydrogen (secondary N) is 2. The summed E-state index contributed by atoms with van der Waals surface area (Å²) in [6.07, 6.45) is 0.520. The van der Waals surface area contributed by atoms with Crippen molar-refractivity contribution in [2.75, 3.05) is 40.5 Å². The summed E-state index contributed by atoms with van der Waals surface area (Å²) in [5.41, 5.74) is 0. The molecule has 0 aromatic carbocycles. The van der Waals surface area contributed by atoms with E-state index in [0.717, 1.165) is 0 Å². The van der Waals surface area contributed by atoms with E-state index in [2.05, 4.69) is 67.5 Å². The second-order valence-electron chi connectivity index (χ2n) is 3.96. The molecule has 2 amide bonds. The van der Waals surface area contributed by atoms with E-state index in [0.29, 0.717) is 26.1 Å². The third-order valence-electron chi connectivity index (χ3n) is 1.97. The van der Waals surface area contributed by atoms with Crippen molar-refractivity contribution in [3.63, 3.8) is 0 Å². The molecule has 0 radical (unpaired) electrons. The monoisotopic (exact) mass is 392 g/mol. The van der Waals surface area contributed by atoms with Gasteiger partial charge in [-0.25, -0.2) is 9.59 Å². The molecule has 0 aromatic heterocycles. The van der Waals surface area contributed by atoms with Crippen molar-refractivity contribution < 1.29 is 29.3 Å². The van der Waals surface area contributed by atoms with Gasteiger partial charge in [-0.15, -0.1) is 0 Å². The van der Waals surface area contributed by atoms with Gasteiger partial charge < -0.3 is 30.3 Å². The molecule has 0 aliphatic heterocycles. The van der Waals surface area contributed by atoms with Crippen molar-refractivity contribution in [1.82, 2.24) is 10.6 Å². The lowest BCUT2D eigenvalue weighted by molar-refractivity contribution is 0.153. The quantitative estimate of drug-likeness (QED) is 0.410. The molecule has 154 valence electrons. The van der Waals surface area contributed by atoms with E-state index < -0.39 is 0 Å². The third kappa shape index (κ3) is 34.1. The summed E-state index contributed by atoms with van der Waals surface area (Å²) in [6.45, 7) is 4.06. The van der Waals surface area contributed by atoms with Crippen LogP contribution in [0.1, 0.15) is 26.7 Å². The van der Waals surface area contributed by atoms with Crippen molar-refractivity contribution >= 4 is 12.2 Å². The van der Waals surface area contributed by atoms with Gasteiger partial charge in [0.25, 0.3) is 0 Å². The number of rotatable bonds is 3. The number of ether oxygens (including phenoxy) is 2. The smallest absolute Gasteiger partial charge is 0.406 e. The highest BCUT2D eigenvalue weighted by atomic mass is 16.5. The van der Waals surface area contributed by atoms with Gasteiger partial charge in [0.15, 0.2) is 0 Å². The summed E-state index contributed by atoms with van der Waals surface area (Å²) >= 11 is 0.